The van der Waals surface area contributed by atoms with Gasteiger partial charge in [-0.2, -0.15) is 0 Å². The van der Waals surface area contributed by atoms with Gasteiger partial charge in [-0.1, -0.05) is 36.8 Å². The largest absolute Gasteiger partial charge is 0.366 e. The molecule has 0 radical (unpaired) electrons. The van der Waals surface area contributed by atoms with Crippen molar-refractivity contribution in [3.63, 3.8) is 0 Å². The number of anilines is 1. The summed E-state index contributed by atoms with van der Waals surface area (Å²) < 4.78 is 0. The Morgan fingerprint density at radius 1 is 1.11 bits per heavy atom. The maximum atomic E-state index is 4.58. The van der Waals surface area contributed by atoms with Crippen LogP contribution in [0.2, 0.25) is 0 Å². The maximum Gasteiger partial charge on any atom is 0.183 e. The predicted octanol–water partition coefficient (Wildman–Crippen LogP) is 3.37. The molecule has 1 aromatic heterocycles. The highest BCUT2D eigenvalue weighted by Gasteiger charge is 2.09. The van der Waals surface area contributed by atoms with Crippen molar-refractivity contribution in [3.8, 4) is 11.4 Å². The number of hydrogen-bond acceptors (Lipinski definition) is 4. The highest BCUT2D eigenvalue weighted by atomic mass is 15.2. The van der Waals surface area contributed by atoms with Crippen LogP contribution in [0.3, 0.4) is 0 Å². The summed E-state index contributed by atoms with van der Waals surface area (Å²) in [4.78, 5) is 4.58. The van der Waals surface area contributed by atoms with E-state index in [9.17, 15) is 0 Å². The zero-order chi connectivity index (χ0) is 13.8. The van der Waals surface area contributed by atoms with Gasteiger partial charge in [-0.15, -0.1) is 10.2 Å². The summed E-state index contributed by atoms with van der Waals surface area (Å²) in [5, 5.41) is 11.7. The van der Waals surface area contributed by atoms with Gasteiger partial charge in [0.2, 0.25) is 0 Å². The van der Waals surface area contributed by atoms with Gasteiger partial charge in [-0.25, -0.2) is 4.98 Å². The normalized spacial score (nSPS) is 12.2. The van der Waals surface area contributed by atoms with E-state index < -0.39 is 0 Å². The molecule has 0 spiro atoms. The molecule has 1 heterocycles. The summed E-state index contributed by atoms with van der Waals surface area (Å²) in [5.41, 5.74) is 3.04. The number of rotatable bonds is 4. The Balaban J connectivity index is 2.32. The fourth-order valence-electron chi connectivity index (χ4n) is 1.68. The van der Waals surface area contributed by atoms with Crippen LogP contribution in [0.15, 0.2) is 24.3 Å². The molecule has 19 heavy (non-hydrogen) atoms. The van der Waals surface area contributed by atoms with Crippen molar-refractivity contribution < 1.29 is 0 Å². The van der Waals surface area contributed by atoms with Crippen LogP contribution in [0, 0.1) is 13.8 Å². The second-order valence-corrected chi connectivity index (χ2v) is 4.89. The lowest BCUT2D eigenvalue weighted by molar-refractivity contribution is 0.752. The monoisotopic (exact) mass is 256 g/mol. The molecule has 0 aliphatic heterocycles. The standard InChI is InChI=1S/C15H20N4/c1-5-11(3)16-14-12(4)18-19-15(17-14)13-8-6-10(2)7-9-13/h6-9,11H,5H2,1-4H3,(H,16,17,19)/t11-/m0/s1. The molecule has 0 bridgehead atoms. The number of aryl methyl sites for hydroxylation is 2. The van der Waals surface area contributed by atoms with Gasteiger partial charge in [-0.05, 0) is 27.2 Å². The summed E-state index contributed by atoms with van der Waals surface area (Å²) in [7, 11) is 0. The quantitative estimate of drug-likeness (QED) is 0.911. The fourth-order valence-corrected chi connectivity index (χ4v) is 1.68. The average molecular weight is 256 g/mol. The van der Waals surface area contributed by atoms with Crippen LogP contribution >= 0.6 is 0 Å². The van der Waals surface area contributed by atoms with Crippen LogP contribution < -0.4 is 5.32 Å². The minimum absolute atomic E-state index is 0.376. The molecule has 0 saturated heterocycles. The molecule has 2 rings (SSSR count). The van der Waals surface area contributed by atoms with Crippen LogP contribution in [0.25, 0.3) is 11.4 Å². The van der Waals surface area contributed by atoms with Crippen molar-refractivity contribution in [1.29, 1.82) is 0 Å². The first kappa shape index (κ1) is 13.5. The summed E-state index contributed by atoms with van der Waals surface area (Å²) in [5.74, 6) is 1.48. The molecule has 0 saturated carbocycles. The third kappa shape index (κ3) is 3.28. The van der Waals surface area contributed by atoms with Crippen LogP contribution in [0.1, 0.15) is 31.5 Å². The van der Waals surface area contributed by atoms with Gasteiger partial charge >= 0.3 is 0 Å². The summed E-state index contributed by atoms with van der Waals surface area (Å²) in [6.45, 7) is 8.26. The van der Waals surface area contributed by atoms with Crippen LogP contribution in [-0.4, -0.2) is 21.2 Å². The van der Waals surface area contributed by atoms with Crippen molar-refractivity contribution in [2.24, 2.45) is 0 Å². The molecule has 2 aromatic rings. The summed E-state index contributed by atoms with van der Waals surface area (Å²) in [6, 6.07) is 8.53. The Morgan fingerprint density at radius 3 is 2.42 bits per heavy atom. The molecule has 0 fully saturated rings. The first-order chi connectivity index (χ1) is 9.10. The van der Waals surface area contributed by atoms with Gasteiger partial charge < -0.3 is 5.32 Å². The van der Waals surface area contributed by atoms with E-state index in [0.29, 0.717) is 11.9 Å². The number of benzene rings is 1. The van der Waals surface area contributed by atoms with E-state index >= 15 is 0 Å². The third-order valence-electron chi connectivity index (χ3n) is 3.16. The van der Waals surface area contributed by atoms with Crippen molar-refractivity contribution in [3.05, 3.63) is 35.5 Å². The second-order valence-electron chi connectivity index (χ2n) is 4.89. The average Bonchev–Trinajstić information content (AvgIpc) is 2.42. The smallest absolute Gasteiger partial charge is 0.183 e. The second kappa shape index (κ2) is 5.78. The Morgan fingerprint density at radius 2 is 1.79 bits per heavy atom. The lowest BCUT2D eigenvalue weighted by Gasteiger charge is -2.14. The van der Waals surface area contributed by atoms with E-state index in [1.807, 2.05) is 19.1 Å². The number of nitrogens with zero attached hydrogens (tertiary/aromatic N) is 3. The molecule has 0 aliphatic carbocycles. The molecule has 100 valence electrons. The van der Waals surface area contributed by atoms with E-state index in [-0.39, 0.29) is 0 Å². The van der Waals surface area contributed by atoms with Crippen LogP contribution in [0.5, 0.6) is 0 Å². The number of nitrogens with one attached hydrogen (secondary N) is 1. The van der Waals surface area contributed by atoms with Crippen molar-refractivity contribution in [2.45, 2.75) is 40.2 Å². The van der Waals surface area contributed by atoms with Crippen LogP contribution in [0.4, 0.5) is 5.82 Å². The first-order valence-electron chi connectivity index (χ1n) is 6.65. The van der Waals surface area contributed by atoms with Crippen molar-refractivity contribution in [1.82, 2.24) is 15.2 Å². The zero-order valence-electron chi connectivity index (χ0n) is 11.9. The third-order valence-corrected chi connectivity index (χ3v) is 3.16. The zero-order valence-corrected chi connectivity index (χ0v) is 11.9. The van der Waals surface area contributed by atoms with Gasteiger partial charge in [-0.3, -0.25) is 0 Å². The van der Waals surface area contributed by atoms with E-state index in [2.05, 4.69) is 53.4 Å². The molecule has 1 atom stereocenters. The lowest BCUT2D eigenvalue weighted by Crippen LogP contribution is -2.16. The van der Waals surface area contributed by atoms with E-state index in [1.54, 1.807) is 0 Å². The van der Waals surface area contributed by atoms with Gasteiger partial charge in [0.05, 0.1) is 0 Å². The van der Waals surface area contributed by atoms with Gasteiger partial charge in [0.1, 0.15) is 5.69 Å². The fraction of sp³-hybridized carbons (Fsp3) is 0.400. The molecule has 4 heteroatoms. The molecule has 0 aliphatic rings. The van der Waals surface area contributed by atoms with E-state index in [4.69, 9.17) is 0 Å². The summed E-state index contributed by atoms with van der Waals surface area (Å²) >= 11 is 0. The first-order valence-corrected chi connectivity index (χ1v) is 6.65. The minimum atomic E-state index is 0.376. The molecule has 1 N–H and O–H groups in total. The minimum Gasteiger partial charge on any atom is -0.366 e. The molecule has 0 amide bonds. The Labute approximate surface area is 114 Å². The van der Waals surface area contributed by atoms with Crippen molar-refractivity contribution in [2.75, 3.05) is 5.32 Å². The molecular formula is C15H20N4. The van der Waals surface area contributed by atoms with Gasteiger partial charge in [0.15, 0.2) is 11.6 Å². The van der Waals surface area contributed by atoms with Gasteiger partial charge in [0, 0.05) is 11.6 Å². The number of aromatic nitrogens is 3. The summed E-state index contributed by atoms with van der Waals surface area (Å²) in [6.07, 6.45) is 1.04. The molecular weight excluding hydrogens is 236 g/mol. The molecule has 4 nitrogen and oxygen atoms in total. The van der Waals surface area contributed by atoms with Gasteiger partial charge in [0.25, 0.3) is 0 Å². The van der Waals surface area contributed by atoms with E-state index in [1.165, 1.54) is 5.56 Å². The van der Waals surface area contributed by atoms with Crippen molar-refractivity contribution >= 4 is 5.82 Å². The van der Waals surface area contributed by atoms with Crippen LogP contribution in [-0.2, 0) is 0 Å². The Bertz CT molecular complexity index is 549. The highest BCUT2D eigenvalue weighted by Crippen LogP contribution is 2.18. The highest BCUT2D eigenvalue weighted by molar-refractivity contribution is 5.57. The lowest BCUT2D eigenvalue weighted by atomic mass is 10.1. The Hall–Kier alpha value is -1.97. The maximum absolute atomic E-state index is 4.58. The predicted molar refractivity (Wildman–Crippen MR) is 78.1 cm³/mol. The van der Waals surface area contributed by atoms with E-state index in [0.717, 1.165) is 23.5 Å². The Kier molecular flexibility index (Phi) is 4.10. The SMILES string of the molecule is CC[C@H](C)Nc1nc(-c2ccc(C)cc2)nnc1C. The molecule has 1 aromatic carbocycles. The number of hydrogen-bond donors (Lipinski definition) is 1. The topological polar surface area (TPSA) is 50.7 Å². The molecule has 0 unspecified atom stereocenters.